The lowest BCUT2D eigenvalue weighted by molar-refractivity contribution is 0.108. The minimum absolute atomic E-state index is 0.784. The molecule has 0 atom stereocenters. The Labute approximate surface area is 103 Å². The zero-order valence-corrected chi connectivity index (χ0v) is 10.9. The van der Waals surface area contributed by atoms with E-state index in [2.05, 4.69) is 24.0 Å². The molecule has 0 spiro atoms. The first kappa shape index (κ1) is 12.2. The van der Waals surface area contributed by atoms with Gasteiger partial charge in [0.05, 0.1) is 14.2 Å². The standard InChI is InChI=1S/C14H21NO2/c1-4-15-9-12(10-15)5-11-6-13(16-2)8-14(7-11)17-3/h6-8,12H,4-5,9-10H2,1-3H3. The summed E-state index contributed by atoms with van der Waals surface area (Å²) in [6.07, 6.45) is 1.12. The van der Waals surface area contributed by atoms with Gasteiger partial charge in [0.15, 0.2) is 0 Å². The molecule has 17 heavy (non-hydrogen) atoms. The van der Waals surface area contributed by atoms with E-state index in [1.807, 2.05) is 6.07 Å². The predicted molar refractivity (Wildman–Crippen MR) is 68.9 cm³/mol. The van der Waals surface area contributed by atoms with E-state index in [0.29, 0.717) is 0 Å². The summed E-state index contributed by atoms with van der Waals surface area (Å²) < 4.78 is 10.6. The van der Waals surface area contributed by atoms with Gasteiger partial charge in [-0.1, -0.05) is 6.92 Å². The van der Waals surface area contributed by atoms with Crippen molar-refractivity contribution in [2.45, 2.75) is 13.3 Å². The molecule has 1 saturated heterocycles. The summed E-state index contributed by atoms with van der Waals surface area (Å²) in [5.41, 5.74) is 1.31. The molecule has 3 heteroatoms. The largest absolute Gasteiger partial charge is 0.497 e. The molecule has 0 saturated carbocycles. The van der Waals surface area contributed by atoms with Gasteiger partial charge in [0.25, 0.3) is 0 Å². The Kier molecular flexibility index (Phi) is 3.89. The van der Waals surface area contributed by atoms with Crippen molar-refractivity contribution >= 4 is 0 Å². The van der Waals surface area contributed by atoms with Crippen molar-refractivity contribution in [3.8, 4) is 11.5 Å². The quantitative estimate of drug-likeness (QED) is 0.781. The number of hydrogen-bond acceptors (Lipinski definition) is 3. The molecule has 0 N–H and O–H groups in total. The normalized spacial score (nSPS) is 16.6. The first-order valence-corrected chi connectivity index (χ1v) is 6.19. The fourth-order valence-corrected chi connectivity index (χ4v) is 2.38. The number of ether oxygens (including phenoxy) is 2. The third-order valence-corrected chi connectivity index (χ3v) is 3.42. The highest BCUT2D eigenvalue weighted by molar-refractivity contribution is 5.38. The molecular formula is C14H21NO2. The van der Waals surface area contributed by atoms with Crippen LogP contribution < -0.4 is 9.47 Å². The number of methoxy groups -OCH3 is 2. The van der Waals surface area contributed by atoms with Crippen LogP contribution >= 0.6 is 0 Å². The van der Waals surface area contributed by atoms with E-state index < -0.39 is 0 Å². The molecule has 3 nitrogen and oxygen atoms in total. The Hall–Kier alpha value is -1.22. The van der Waals surface area contributed by atoms with E-state index in [0.717, 1.165) is 30.4 Å². The van der Waals surface area contributed by atoms with Gasteiger partial charge >= 0.3 is 0 Å². The molecule has 2 rings (SSSR count). The van der Waals surface area contributed by atoms with Crippen LogP contribution in [0.1, 0.15) is 12.5 Å². The van der Waals surface area contributed by atoms with Crippen LogP contribution in [0.2, 0.25) is 0 Å². The zero-order chi connectivity index (χ0) is 12.3. The van der Waals surface area contributed by atoms with E-state index in [-0.39, 0.29) is 0 Å². The molecule has 0 aromatic heterocycles. The van der Waals surface area contributed by atoms with Crippen molar-refractivity contribution < 1.29 is 9.47 Å². The molecule has 94 valence electrons. The zero-order valence-electron chi connectivity index (χ0n) is 10.9. The van der Waals surface area contributed by atoms with E-state index in [1.54, 1.807) is 14.2 Å². The van der Waals surface area contributed by atoms with Crippen LogP contribution in [0.3, 0.4) is 0 Å². The molecule has 0 radical (unpaired) electrons. The van der Waals surface area contributed by atoms with Crippen molar-refractivity contribution in [3.63, 3.8) is 0 Å². The third kappa shape index (κ3) is 2.91. The van der Waals surface area contributed by atoms with Gasteiger partial charge in [-0.2, -0.15) is 0 Å². The first-order chi connectivity index (χ1) is 8.25. The van der Waals surface area contributed by atoms with Gasteiger partial charge in [0.1, 0.15) is 11.5 Å². The molecule has 0 unspecified atom stereocenters. The first-order valence-electron chi connectivity index (χ1n) is 6.19. The van der Waals surface area contributed by atoms with Gasteiger partial charge in [-0.3, -0.25) is 0 Å². The Morgan fingerprint density at radius 3 is 2.18 bits per heavy atom. The minimum Gasteiger partial charge on any atom is -0.497 e. The fraction of sp³-hybridized carbons (Fsp3) is 0.571. The molecule has 0 aliphatic carbocycles. The number of nitrogens with zero attached hydrogens (tertiary/aromatic N) is 1. The summed E-state index contributed by atoms with van der Waals surface area (Å²) in [6.45, 7) is 5.81. The minimum atomic E-state index is 0.784. The summed E-state index contributed by atoms with van der Waals surface area (Å²) in [5.74, 6) is 2.55. The maximum absolute atomic E-state index is 5.28. The summed E-state index contributed by atoms with van der Waals surface area (Å²) in [4.78, 5) is 2.46. The number of hydrogen-bond donors (Lipinski definition) is 0. The van der Waals surface area contributed by atoms with Crippen molar-refractivity contribution in [3.05, 3.63) is 23.8 Å². The number of benzene rings is 1. The number of rotatable bonds is 5. The second-order valence-corrected chi connectivity index (χ2v) is 4.64. The second-order valence-electron chi connectivity index (χ2n) is 4.64. The highest BCUT2D eigenvalue weighted by Crippen LogP contribution is 2.26. The summed E-state index contributed by atoms with van der Waals surface area (Å²) in [5, 5.41) is 0. The van der Waals surface area contributed by atoms with Crippen LogP contribution in [-0.4, -0.2) is 38.8 Å². The van der Waals surface area contributed by atoms with Gasteiger partial charge in [0, 0.05) is 19.2 Å². The average molecular weight is 235 g/mol. The van der Waals surface area contributed by atoms with Crippen molar-refractivity contribution in [1.82, 2.24) is 4.90 Å². The summed E-state index contributed by atoms with van der Waals surface area (Å²) >= 11 is 0. The Morgan fingerprint density at radius 2 is 1.71 bits per heavy atom. The smallest absolute Gasteiger partial charge is 0.122 e. The molecular weight excluding hydrogens is 214 g/mol. The molecule has 1 aromatic carbocycles. The van der Waals surface area contributed by atoms with E-state index >= 15 is 0 Å². The SMILES string of the molecule is CCN1CC(Cc2cc(OC)cc(OC)c2)C1. The van der Waals surface area contributed by atoms with Crippen molar-refractivity contribution in [2.75, 3.05) is 33.9 Å². The van der Waals surface area contributed by atoms with Crippen LogP contribution in [0.15, 0.2) is 18.2 Å². The predicted octanol–water partition coefficient (Wildman–Crippen LogP) is 2.20. The fourth-order valence-electron chi connectivity index (χ4n) is 2.38. The number of likely N-dealkylation sites (tertiary alicyclic amines) is 1. The summed E-state index contributed by atoms with van der Waals surface area (Å²) in [6, 6.07) is 6.14. The Morgan fingerprint density at radius 1 is 1.12 bits per heavy atom. The third-order valence-electron chi connectivity index (χ3n) is 3.42. The molecule has 1 aromatic rings. The molecule has 1 fully saturated rings. The van der Waals surface area contributed by atoms with Gasteiger partial charge < -0.3 is 14.4 Å². The Balaban J connectivity index is 2.00. The maximum Gasteiger partial charge on any atom is 0.122 e. The van der Waals surface area contributed by atoms with Crippen LogP contribution in [0.5, 0.6) is 11.5 Å². The molecule has 1 aliphatic heterocycles. The monoisotopic (exact) mass is 235 g/mol. The topological polar surface area (TPSA) is 21.7 Å². The maximum atomic E-state index is 5.28. The van der Waals surface area contributed by atoms with Gasteiger partial charge in [-0.15, -0.1) is 0 Å². The Bertz CT molecular complexity index is 350. The average Bonchev–Trinajstić information content (AvgIpc) is 2.32. The summed E-state index contributed by atoms with van der Waals surface area (Å²) in [7, 11) is 3.39. The van der Waals surface area contributed by atoms with Gasteiger partial charge in [-0.25, -0.2) is 0 Å². The highest BCUT2D eigenvalue weighted by atomic mass is 16.5. The van der Waals surface area contributed by atoms with Crippen LogP contribution in [0.4, 0.5) is 0 Å². The van der Waals surface area contributed by atoms with Crippen LogP contribution in [0.25, 0.3) is 0 Å². The van der Waals surface area contributed by atoms with Crippen LogP contribution in [0, 0.1) is 5.92 Å². The molecule has 1 aliphatic rings. The molecule has 1 heterocycles. The molecule has 0 amide bonds. The van der Waals surface area contributed by atoms with E-state index in [1.165, 1.54) is 18.7 Å². The second kappa shape index (κ2) is 5.41. The lowest BCUT2D eigenvalue weighted by Gasteiger charge is -2.38. The van der Waals surface area contributed by atoms with E-state index in [9.17, 15) is 0 Å². The van der Waals surface area contributed by atoms with E-state index in [4.69, 9.17) is 9.47 Å². The lowest BCUT2D eigenvalue weighted by atomic mass is 9.92. The molecule has 0 bridgehead atoms. The van der Waals surface area contributed by atoms with Gasteiger partial charge in [-0.05, 0) is 36.6 Å². The van der Waals surface area contributed by atoms with Crippen LogP contribution in [-0.2, 0) is 6.42 Å². The highest BCUT2D eigenvalue weighted by Gasteiger charge is 2.25. The van der Waals surface area contributed by atoms with Gasteiger partial charge in [0.2, 0.25) is 0 Å². The van der Waals surface area contributed by atoms with Crippen molar-refractivity contribution in [1.29, 1.82) is 0 Å². The lowest BCUT2D eigenvalue weighted by Crippen LogP contribution is -2.47. The van der Waals surface area contributed by atoms with Crippen molar-refractivity contribution in [2.24, 2.45) is 5.92 Å².